The minimum Gasteiger partial charge on any atom is -0.389 e. The molecule has 0 unspecified atom stereocenters. The smallest absolute Gasteiger partial charge is 0.159 e. The van der Waals surface area contributed by atoms with Crippen LogP contribution in [0.2, 0.25) is 0 Å². The Bertz CT molecular complexity index is 377. The lowest BCUT2D eigenvalue weighted by Gasteiger charge is -2.23. The van der Waals surface area contributed by atoms with Gasteiger partial charge < -0.3 is 11.1 Å². The van der Waals surface area contributed by atoms with Crippen LogP contribution in [0, 0.1) is 0 Å². The first-order valence-corrected chi connectivity index (χ1v) is 6.79. The van der Waals surface area contributed by atoms with Crippen LogP contribution in [0.15, 0.2) is 12.3 Å². The fourth-order valence-corrected chi connectivity index (χ4v) is 2.94. The monoisotopic (exact) mass is 254 g/mol. The molecular formula is C10H14N4S2. The third kappa shape index (κ3) is 2.82. The average molecular weight is 254 g/mol. The maximum absolute atomic E-state index is 5.64. The van der Waals surface area contributed by atoms with Crippen molar-refractivity contribution in [3.63, 3.8) is 0 Å². The summed E-state index contributed by atoms with van der Waals surface area (Å²) in [5, 5.41) is 11.3. The number of thioether (sulfide) groups is 1. The van der Waals surface area contributed by atoms with E-state index in [0.717, 1.165) is 18.4 Å². The van der Waals surface area contributed by atoms with Gasteiger partial charge in [0.25, 0.3) is 0 Å². The summed E-state index contributed by atoms with van der Waals surface area (Å²) in [5.41, 5.74) is 6.42. The lowest BCUT2D eigenvalue weighted by molar-refractivity contribution is 0.661. The Kier molecular flexibility index (Phi) is 3.95. The van der Waals surface area contributed by atoms with E-state index in [9.17, 15) is 0 Å². The van der Waals surface area contributed by atoms with Crippen LogP contribution in [0.4, 0.5) is 5.82 Å². The van der Waals surface area contributed by atoms with Gasteiger partial charge in [0.1, 0.15) is 4.99 Å². The summed E-state index contributed by atoms with van der Waals surface area (Å²) in [7, 11) is 0. The van der Waals surface area contributed by atoms with Crippen LogP contribution in [0.1, 0.15) is 18.4 Å². The van der Waals surface area contributed by atoms with Gasteiger partial charge in [-0.25, -0.2) is 0 Å². The maximum atomic E-state index is 5.64. The summed E-state index contributed by atoms with van der Waals surface area (Å²) >= 11 is 6.98. The first kappa shape index (κ1) is 11.6. The van der Waals surface area contributed by atoms with Crippen molar-refractivity contribution in [1.82, 2.24) is 10.2 Å². The van der Waals surface area contributed by atoms with E-state index in [0.29, 0.717) is 16.8 Å². The Hall–Kier alpha value is -0.880. The molecule has 86 valence electrons. The normalized spacial score (nSPS) is 17.0. The predicted octanol–water partition coefficient (Wildman–Crippen LogP) is 1.42. The van der Waals surface area contributed by atoms with Crippen molar-refractivity contribution in [2.75, 3.05) is 16.8 Å². The van der Waals surface area contributed by atoms with Gasteiger partial charge in [-0.15, -0.1) is 5.10 Å². The fraction of sp³-hybridized carbons (Fsp3) is 0.500. The molecule has 4 nitrogen and oxygen atoms in total. The first-order chi connectivity index (χ1) is 7.77. The largest absolute Gasteiger partial charge is 0.389 e. The molecule has 0 radical (unpaired) electrons. The molecule has 3 N–H and O–H groups in total. The SMILES string of the molecule is NC(=S)c1ccnnc1NC1CCSCC1. The number of nitrogens with zero attached hydrogens (tertiary/aromatic N) is 2. The molecule has 1 aromatic heterocycles. The summed E-state index contributed by atoms with van der Waals surface area (Å²) in [5.74, 6) is 3.10. The molecule has 1 aromatic rings. The number of thiocarbonyl (C=S) groups is 1. The van der Waals surface area contributed by atoms with E-state index in [1.807, 2.05) is 11.8 Å². The second-order valence-corrected chi connectivity index (χ2v) is 5.35. The number of nitrogens with two attached hydrogens (primary N) is 1. The predicted molar refractivity (Wildman–Crippen MR) is 71.9 cm³/mol. The summed E-state index contributed by atoms with van der Waals surface area (Å²) in [6.45, 7) is 0. The van der Waals surface area contributed by atoms with E-state index >= 15 is 0 Å². The minimum absolute atomic E-state index is 0.364. The van der Waals surface area contributed by atoms with Crippen molar-refractivity contribution >= 4 is 34.8 Å². The number of hydrogen-bond donors (Lipinski definition) is 2. The van der Waals surface area contributed by atoms with Crippen LogP contribution in [0.3, 0.4) is 0 Å². The highest BCUT2D eigenvalue weighted by atomic mass is 32.2. The third-order valence-electron chi connectivity index (χ3n) is 2.55. The number of nitrogens with one attached hydrogen (secondary N) is 1. The van der Waals surface area contributed by atoms with Gasteiger partial charge in [0, 0.05) is 6.04 Å². The molecule has 6 heteroatoms. The van der Waals surface area contributed by atoms with Crippen LogP contribution >= 0.6 is 24.0 Å². The molecule has 0 aromatic carbocycles. The van der Waals surface area contributed by atoms with Crippen molar-refractivity contribution in [3.8, 4) is 0 Å². The number of hydrogen-bond acceptors (Lipinski definition) is 5. The van der Waals surface area contributed by atoms with Gasteiger partial charge in [-0.05, 0) is 30.4 Å². The zero-order valence-electron chi connectivity index (χ0n) is 8.85. The topological polar surface area (TPSA) is 63.8 Å². The molecule has 0 saturated carbocycles. The van der Waals surface area contributed by atoms with Gasteiger partial charge in [0.15, 0.2) is 5.82 Å². The number of anilines is 1. The lowest BCUT2D eigenvalue weighted by atomic mass is 10.1. The number of aromatic nitrogens is 2. The van der Waals surface area contributed by atoms with Crippen LogP contribution in [-0.2, 0) is 0 Å². The molecule has 0 spiro atoms. The molecule has 0 atom stereocenters. The molecule has 1 saturated heterocycles. The zero-order valence-corrected chi connectivity index (χ0v) is 10.5. The molecule has 0 amide bonds. The highest BCUT2D eigenvalue weighted by Crippen LogP contribution is 2.21. The molecular weight excluding hydrogens is 240 g/mol. The first-order valence-electron chi connectivity index (χ1n) is 5.23. The van der Waals surface area contributed by atoms with Crippen LogP contribution in [-0.4, -0.2) is 32.7 Å². The van der Waals surface area contributed by atoms with Gasteiger partial charge in [-0.1, -0.05) is 12.2 Å². The van der Waals surface area contributed by atoms with E-state index in [1.54, 1.807) is 12.3 Å². The number of rotatable bonds is 3. The fourth-order valence-electron chi connectivity index (χ4n) is 1.67. The molecule has 0 bridgehead atoms. The van der Waals surface area contributed by atoms with Crippen molar-refractivity contribution in [3.05, 3.63) is 17.8 Å². The van der Waals surface area contributed by atoms with Gasteiger partial charge >= 0.3 is 0 Å². The standard InChI is InChI=1S/C10H14N4S2/c11-9(15)8-1-4-12-14-10(8)13-7-2-5-16-6-3-7/h1,4,7H,2-3,5-6H2,(H2,11,15)(H,13,14). The van der Waals surface area contributed by atoms with E-state index < -0.39 is 0 Å². The minimum atomic E-state index is 0.364. The molecule has 1 aliphatic heterocycles. The molecule has 2 rings (SSSR count). The van der Waals surface area contributed by atoms with E-state index in [4.69, 9.17) is 18.0 Å². The lowest BCUT2D eigenvalue weighted by Crippen LogP contribution is -2.27. The van der Waals surface area contributed by atoms with E-state index in [1.165, 1.54) is 11.5 Å². The van der Waals surface area contributed by atoms with Crippen LogP contribution in [0.25, 0.3) is 0 Å². The Morgan fingerprint density at radius 2 is 2.25 bits per heavy atom. The Morgan fingerprint density at radius 1 is 1.50 bits per heavy atom. The van der Waals surface area contributed by atoms with Gasteiger partial charge in [-0.2, -0.15) is 16.9 Å². The molecule has 0 aliphatic carbocycles. The quantitative estimate of drug-likeness (QED) is 0.795. The van der Waals surface area contributed by atoms with Gasteiger partial charge in [-0.3, -0.25) is 0 Å². The van der Waals surface area contributed by atoms with Crippen molar-refractivity contribution in [1.29, 1.82) is 0 Å². The molecule has 16 heavy (non-hydrogen) atoms. The van der Waals surface area contributed by atoms with E-state index in [2.05, 4.69) is 15.5 Å². The second-order valence-electron chi connectivity index (χ2n) is 3.69. The Balaban J connectivity index is 2.10. The Labute approximate surface area is 104 Å². The van der Waals surface area contributed by atoms with Crippen molar-refractivity contribution < 1.29 is 0 Å². The maximum Gasteiger partial charge on any atom is 0.159 e. The summed E-state index contributed by atoms with van der Waals surface area (Å²) < 4.78 is 0. The average Bonchev–Trinajstić information content (AvgIpc) is 2.31. The Morgan fingerprint density at radius 3 is 2.94 bits per heavy atom. The summed E-state index contributed by atoms with van der Waals surface area (Å²) in [6, 6.07) is 2.26. The third-order valence-corrected chi connectivity index (χ3v) is 3.82. The van der Waals surface area contributed by atoms with Crippen molar-refractivity contribution in [2.24, 2.45) is 5.73 Å². The molecule has 1 aliphatic rings. The van der Waals surface area contributed by atoms with E-state index in [-0.39, 0.29) is 0 Å². The van der Waals surface area contributed by atoms with Crippen LogP contribution in [0.5, 0.6) is 0 Å². The highest BCUT2D eigenvalue weighted by molar-refractivity contribution is 7.99. The molecule has 2 heterocycles. The van der Waals surface area contributed by atoms with Crippen molar-refractivity contribution in [2.45, 2.75) is 18.9 Å². The second kappa shape index (κ2) is 5.45. The van der Waals surface area contributed by atoms with Gasteiger partial charge in [0.2, 0.25) is 0 Å². The summed E-state index contributed by atoms with van der Waals surface area (Å²) in [4.78, 5) is 0.364. The molecule has 1 fully saturated rings. The highest BCUT2D eigenvalue weighted by Gasteiger charge is 2.16. The van der Waals surface area contributed by atoms with Crippen LogP contribution < -0.4 is 11.1 Å². The zero-order chi connectivity index (χ0) is 11.4. The van der Waals surface area contributed by atoms with Gasteiger partial charge in [0.05, 0.1) is 11.8 Å². The summed E-state index contributed by atoms with van der Waals surface area (Å²) in [6.07, 6.45) is 3.91.